The maximum atomic E-state index is 11.5. The highest BCUT2D eigenvalue weighted by atomic mass is 35.5. The standard InChI is InChI=1S/C11H18ClN3O2/c1-17-7-3-6-15-11(16)10(8-13)9-14-5-2-4-12/h9,14H,2-7H2,1H3,(H,15,16)/b10-9-. The van der Waals surface area contributed by atoms with Gasteiger partial charge < -0.3 is 15.4 Å². The third-order valence-corrected chi connectivity index (χ3v) is 2.14. The second kappa shape index (κ2) is 11.2. The van der Waals surface area contributed by atoms with Crippen LogP contribution < -0.4 is 10.6 Å². The molecule has 0 aliphatic rings. The zero-order valence-electron chi connectivity index (χ0n) is 9.96. The van der Waals surface area contributed by atoms with Gasteiger partial charge in [0.1, 0.15) is 11.6 Å². The molecule has 0 radical (unpaired) electrons. The second-order valence-corrected chi connectivity index (χ2v) is 3.65. The molecule has 1 amide bonds. The molecule has 0 saturated heterocycles. The van der Waals surface area contributed by atoms with Crippen LogP contribution in [0.25, 0.3) is 0 Å². The van der Waals surface area contributed by atoms with Crippen molar-refractivity contribution in [2.24, 2.45) is 0 Å². The van der Waals surface area contributed by atoms with E-state index in [-0.39, 0.29) is 11.5 Å². The summed E-state index contributed by atoms with van der Waals surface area (Å²) in [5.74, 6) is 0.174. The van der Waals surface area contributed by atoms with Gasteiger partial charge in [0.05, 0.1) is 0 Å². The molecular formula is C11H18ClN3O2. The van der Waals surface area contributed by atoms with E-state index in [2.05, 4.69) is 10.6 Å². The summed E-state index contributed by atoms with van der Waals surface area (Å²) in [6.45, 7) is 1.72. The van der Waals surface area contributed by atoms with Crippen molar-refractivity contribution in [1.29, 1.82) is 5.26 Å². The smallest absolute Gasteiger partial charge is 0.263 e. The van der Waals surface area contributed by atoms with Crippen molar-refractivity contribution in [2.75, 3.05) is 32.7 Å². The normalized spacial score (nSPS) is 10.8. The average molecular weight is 260 g/mol. The molecule has 0 aromatic rings. The number of carbonyl (C=O) groups is 1. The molecule has 0 rings (SSSR count). The lowest BCUT2D eigenvalue weighted by molar-refractivity contribution is -0.117. The number of halogens is 1. The Bertz CT molecular complexity index is 287. The number of nitriles is 1. The molecule has 0 bridgehead atoms. The Morgan fingerprint density at radius 3 is 2.82 bits per heavy atom. The first-order chi connectivity index (χ1) is 8.26. The molecule has 6 heteroatoms. The summed E-state index contributed by atoms with van der Waals surface area (Å²) in [5.41, 5.74) is 0.0667. The molecule has 0 aromatic carbocycles. The number of hydrogen-bond acceptors (Lipinski definition) is 4. The maximum Gasteiger partial charge on any atom is 0.263 e. The molecule has 2 N–H and O–H groups in total. The van der Waals surface area contributed by atoms with Crippen LogP contribution >= 0.6 is 11.6 Å². The minimum Gasteiger partial charge on any atom is -0.390 e. The summed E-state index contributed by atoms with van der Waals surface area (Å²) < 4.78 is 4.85. The van der Waals surface area contributed by atoms with Gasteiger partial charge in [0.25, 0.3) is 5.91 Å². The minimum absolute atomic E-state index is 0.0667. The van der Waals surface area contributed by atoms with Crippen LogP contribution in [0.2, 0.25) is 0 Å². The van der Waals surface area contributed by atoms with E-state index in [0.717, 1.165) is 12.8 Å². The Morgan fingerprint density at radius 1 is 1.47 bits per heavy atom. The fourth-order valence-electron chi connectivity index (χ4n) is 1.01. The zero-order valence-corrected chi connectivity index (χ0v) is 10.7. The number of rotatable bonds is 9. The maximum absolute atomic E-state index is 11.5. The first-order valence-corrected chi connectivity index (χ1v) is 5.96. The van der Waals surface area contributed by atoms with E-state index in [1.807, 2.05) is 6.07 Å². The van der Waals surface area contributed by atoms with Gasteiger partial charge in [-0.05, 0) is 12.8 Å². The Morgan fingerprint density at radius 2 is 2.24 bits per heavy atom. The van der Waals surface area contributed by atoms with Crippen molar-refractivity contribution in [3.8, 4) is 6.07 Å². The van der Waals surface area contributed by atoms with Gasteiger partial charge in [-0.3, -0.25) is 4.79 Å². The van der Waals surface area contributed by atoms with E-state index in [1.54, 1.807) is 7.11 Å². The quantitative estimate of drug-likeness (QED) is 0.278. The summed E-state index contributed by atoms with van der Waals surface area (Å²) in [7, 11) is 1.60. The molecule has 0 heterocycles. The molecule has 17 heavy (non-hydrogen) atoms. The first-order valence-electron chi connectivity index (χ1n) is 5.43. The lowest BCUT2D eigenvalue weighted by Gasteiger charge is -2.04. The van der Waals surface area contributed by atoms with Crippen molar-refractivity contribution in [3.63, 3.8) is 0 Å². The van der Waals surface area contributed by atoms with Crippen LogP contribution in [0.1, 0.15) is 12.8 Å². The van der Waals surface area contributed by atoms with E-state index in [0.29, 0.717) is 25.6 Å². The summed E-state index contributed by atoms with van der Waals surface area (Å²) in [6.07, 6.45) is 2.92. The Kier molecular flexibility index (Phi) is 10.4. The first kappa shape index (κ1) is 15.8. The number of hydrogen-bond donors (Lipinski definition) is 2. The number of amides is 1. The number of alkyl halides is 1. The summed E-state index contributed by atoms with van der Waals surface area (Å²) in [5, 5.41) is 14.3. The predicted molar refractivity (Wildman–Crippen MR) is 66.5 cm³/mol. The van der Waals surface area contributed by atoms with Crippen molar-refractivity contribution < 1.29 is 9.53 Å². The monoisotopic (exact) mass is 259 g/mol. The van der Waals surface area contributed by atoms with Crippen molar-refractivity contribution >= 4 is 17.5 Å². The van der Waals surface area contributed by atoms with Gasteiger partial charge >= 0.3 is 0 Å². The zero-order chi connectivity index (χ0) is 12.9. The molecule has 0 aliphatic heterocycles. The fraction of sp³-hybridized carbons (Fsp3) is 0.636. The van der Waals surface area contributed by atoms with Crippen LogP contribution in [0.5, 0.6) is 0 Å². The van der Waals surface area contributed by atoms with Crippen LogP contribution in [0.15, 0.2) is 11.8 Å². The topological polar surface area (TPSA) is 74.1 Å². The molecule has 0 aliphatic carbocycles. The number of nitrogens with zero attached hydrogens (tertiary/aromatic N) is 1. The Labute approximate surface area is 107 Å². The van der Waals surface area contributed by atoms with Crippen LogP contribution in [0.4, 0.5) is 0 Å². The van der Waals surface area contributed by atoms with Gasteiger partial charge in [-0.15, -0.1) is 11.6 Å². The molecule has 0 fully saturated rings. The Balaban J connectivity index is 3.91. The molecular weight excluding hydrogens is 242 g/mol. The third-order valence-electron chi connectivity index (χ3n) is 1.88. The fourth-order valence-corrected chi connectivity index (χ4v) is 1.14. The number of methoxy groups -OCH3 is 1. The highest BCUT2D eigenvalue weighted by molar-refractivity contribution is 6.17. The number of carbonyl (C=O) groups excluding carboxylic acids is 1. The van der Waals surface area contributed by atoms with Gasteiger partial charge in [0.2, 0.25) is 0 Å². The average Bonchev–Trinajstić information content (AvgIpc) is 2.34. The highest BCUT2D eigenvalue weighted by Crippen LogP contribution is 1.91. The minimum atomic E-state index is -0.373. The summed E-state index contributed by atoms with van der Waals surface area (Å²) >= 11 is 5.49. The molecule has 5 nitrogen and oxygen atoms in total. The summed E-state index contributed by atoms with van der Waals surface area (Å²) in [4.78, 5) is 11.5. The van der Waals surface area contributed by atoms with Gasteiger partial charge in [-0.2, -0.15) is 5.26 Å². The number of nitrogens with one attached hydrogen (secondary N) is 2. The highest BCUT2D eigenvalue weighted by Gasteiger charge is 2.06. The van der Waals surface area contributed by atoms with Crippen molar-refractivity contribution in [2.45, 2.75) is 12.8 Å². The SMILES string of the molecule is COCCCNC(=O)/C(C#N)=C\NCCCCl. The molecule has 0 spiro atoms. The molecule has 0 atom stereocenters. The van der Waals surface area contributed by atoms with Crippen LogP contribution in [-0.2, 0) is 9.53 Å². The lowest BCUT2D eigenvalue weighted by Crippen LogP contribution is -2.27. The number of ether oxygens (including phenoxy) is 1. The van der Waals surface area contributed by atoms with Crippen LogP contribution in [0.3, 0.4) is 0 Å². The van der Waals surface area contributed by atoms with Gasteiger partial charge in [-0.25, -0.2) is 0 Å². The van der Waals surface area contributed by atoms with E-state index < -0.39 is 0 Å². The van der Waals surface area contributed by atoms with Crippen LogP contribution in [0, 0.1) is 11.3 Å². The largest absolute Gasteiger partial charge is 0.390 e. The second-order valence-electron chi connectivity index (χ2n) is 3.27. The van der Waals surface area contributed by atoms with Gasteiger partial charge in [0, 0.05) is 38.9 Å². The Hall–Kier alpha value is -1.25. The van der Waals surface area contributed by atoms with E-state index in [9.17, 15) is 4.79 Å². The predicted octanol–water partition coefficient (Wildman–Crippen LogP) is 0.765. The van der Waals surface area contributed by atoms with Crippen LogP contribution in [-0.4, -0.2) is 38.6 Å². The lowest BCUT2D eigenvalue weighted by atomic mass is 10.3. The van der Waals surface area contributed by atoms with E-state index in [4.69, 9.17) is 21.6 Å². The van der Waals surface area contributed by atoms with E-state index >= 15 is 0 Å². The van der Waals surface area contributed by atoms with Gasteiger partial charge in [-0.1, -0.05) is 0 Å². The van der Waals surface area contributed by atoms with Gasteiger partial charge in [0.15, 0.2) is 0 Å². The van der Waals surface area contributed by atoms with E-state index in [1.165, 1.54) is 6.20 Å². The third kappa shape index (κ3) is 8.55. The summed E-state index contributed by atoms with van der Waals surface area (Å²) in [6, 6.07) is 1.84. The molecule has 0 unspecified atom stereocenters. The molecule has 96 valence electrons. The van der Waals surface area contributed by atoms with Crippen molar-refractivity contribution in [1.82, 2.24) is 10.6 Å². The molecule has 0 saturated carbocycles. The van der Waals surface area contributed by atoms with Crippen molar-refractivity contribution in [3.05, 3.63) is 11.8 Å². The molecule has 0 aromatic heterocycles.